The first-order valence-corrected chi connectivity index (χ1v) is 8.27. The summed E-state index contributed by atoms with van der Waals surface area (Å²) >= 11 is 5.88. The Morgan fingerprint density at radius 1 is 1.20 bits per heavy atom. The van der Waals surface area contributed by atoms with Gasteiger partial charge in [-0.3, -0.25) is 4.79 Å². The molecule has 0 saturated carbocycles. The van der Waals surface area contributed by atoms with Gasteiger partial charge in [0.2, 0.25) is 11.8 Å². The smallest absolute Gasteiger partial charge is 0.290 e. The van der Waals surface area contributed by atoms with E-state index >= 15 is 0 Å². The highest BCUT2D eigenvalue weighted by atomic mass is 35.5. The average molecular weight is 360 g/mol. The van der Waals surface area contributed by atoms with E-state index in [1.165, 1.54) is 6.26 Å². The number of benzene rings is 1. The molecule has 25 heavy (non-hydrogen) atoms. The number of halogens is 1. The molecule has 1 amide bonds. The summed E-state index contributed by atoms with van der Waals surface area (Å²) in [5, 5.41) is 8.73. The summed E-state index contributed by atoms with van der Waals surface area (Å²) in [4.78, 5) is 14.3. The molecule has 0 aliphatic rings. The van der Waals surface area contributed by atoms with Crippen molar-refractivity contribution in [2.24, 2.45) is 0 Å². The molecule has 1 aromatic carbocycles. The lowest BCUT2D eigenvalue weighted by molar-refractivity contribution is 0.0638. The van der Waals surface area contributed by atoms with Gasteiger partial charge in [0.05, 0.1) is 12.8 Å². The molecule has 0 aliphatic carbocycles. The summed E-state index contributed by atoms with van der Waals surface area (Å²) < 4.78 is 11.0. The van der Waals surface area contributed by atoms with Gasteiger partial charge in [0.1, 0.15) is 0 Å². The maximum absolute atomic E-state index is 12.7. The Morgan fingerprint density at radius 3 is 2.52 bits per heavy atom. The lowest BCUT2D eigenvalue weighted by Crippen LogP contribution is -2.36. The third kappa shape index (κ3) is 3.74. The van der Waals surface area contributed by atoms with E-state index in [0.29, 0.717) is 22.6 Å². The Morgan fingerprint density at radius 2 is 1.92 bits per heavy atom. The summed E-state index contributed by atoms with van der Waals surface area (Å²) in [5.41, 5.74) is 1.57. The van der Waals surface area contributed by atoms with Crippen LogP contribution in [-0.2, 0) is 6.54 Å². The molecule has 0 unspecified atom stereocenters. The molecule has 0 saturated heterocycles. The van der Waals surface area contributed by atoms with E-state index in [4.69, 9.17) is 20.4 Å². The Labute approximate surface area is 150 Å². The predicted octanol–water partition coefficient (Wildman–Crippen LogP) is 4.34. The molecule has 0 fully saturated rings. The number of furan rings is 1. The van der Waals surface area contributed by atoms with Crippen LogP contribution in [0.5, 0.6) is 0 Å². The van der Waals surface area contributed by atoms with E-state index in [0.717, 1.165) is 11.1 Å². The van der Waals surface area contributed by atoms with Crippen LogP contribution in [0, 0.1) is 6.92 Å². The van der Waals surface area contributed by atoms with E-state index in [2.05, 4.69) is 10.2 Å². The Kier molecular flexibility index (Phi) is 4.90. The van der Waals surface area contributed by atoms with Gasteiger partial charge in [-0.2, -0.15) is 0 Å². The molecule has 0 spiro atoms. The van der Waals surface area contributed by atoms with E-state index in [1.54, 1.807) is 35.2 Å². The van der Waals surface area contributed by atoms with Crippen molar-refractivity contribution in [2.75, 3.05) is 0 Å². The second-order valence-electron chi connectivity index (χ2n) is 5.97. The van der Waals surface area contributed by atoms with Crippen LogP contribution in [0.1, 0.15) is 35.9 Å². The van der Waals surface area contributed by atoms with Gasteiger partial charge in [0.25, 0.3) is 5.91 Å². The maximum atomic E-state index is 12.7. The van der Waals surface area contributed by atoms with Crippen molar-refractivity contribution >= 4 is 17.5 Å². The lowest BCUT2D eigenvalue weighted by Gasteiger charge is -2.24. The van der Waals surface area contributed by atoms with Crippen molar-refractivity contribution in [2.45, 2.75) is 33.4 Å². The fraction of sp³-hybridized carbons (Fsp3) is 0.278. The number of nitrogens with zero attached hydrogens (tertiary/aromatic N) is 3. The molecule has 3 rings (SSSR count). The molecule has 0 bridgehead atoms. The first-order valence-electron chi connectivity index (χ1n) is 7.89. The Bertz CT molecular complexity index is 868. The van der Waals surface area contributed by atoms with Crippen molar-refractivity contribution in [3.8, 4) is 11.5 Å². The predicted molar refractivity (Wildman–Crippen MR) is 93.2 cm³/mol. The largest absolute Gasteiger partial charge is 0.459 e. The molecule has 6 nitrogen and oxygen atoms in total. The van der Waals surface area contributed by atoms with Crippen LogP contribution in [0.2, 0.25) is 5.02 Å². The number of aromatic nitrogens is 2. The van der Waals surface area contributed by atoms with Crippen LogP contribution in [-0.4, -0.2) is 27.0 Å². The highest BCUT2D eigenvalue weighted by Crippen LogP contribution is 2.22. The molecule has 130 valence electrons. The molecule has 2 heterocycles. The van der Waals surface area contributed by atoms with E-state index < -0.39 is 0 Å². The highest BCUT2D eigenvalue weighted by molar-refractivity contribution is 6.30. The molecule has 0 aliphatic heterocycles. The SMILES string of the molecule is Cc1ccoc1C(=O)N(Cc1nnc(-c2ccc(Cl)cc2)o1)C(C)C. The lowest BCUT2D eigenvalue weighted by atomic mass is 10.2. The molecule has 0 N–H and O–H groups in total. The molecular formula is C18H18ClN3O3. The normalized spacial score (nSPS) is 11.1. The van der Waals surface area contributed by atoms with Crippen LogP contribution in [0.3, 0.4) is 0 Å². The van der Waals surface area contributed by atoms with Crippen LogP contribution < -0.4 is 0 Å². The number of carbonyl (C=O) groups is 1. The number of rotatable bonds is 5. The highest BCUT2D eigenvalue weighted by Gasteiger charge is 2.25. The summed E-state index contributed by atoms with van der Waals surface area (Å²) in [6, 6.07) is 8.82. The fourth-order valence-electron chi connectivity index (χ4n) is 2.38. The molecule has 2 aromatic heterocycles. The van der Waals surface area contributed by atoms with Crippen molar-refractivity contribution in [1.82, 2.24) is 15.1 Å². The van der Waals surface area contributed by atoms with Crippen molar-refractivity contribution in [3.63, 3.8) is 0 Å². The fourth-order valence-corrected chi connectivity index (χ4v) is 2.51. The third-order valence-corrected chi connectivity index (χ3v) is 4.06. The number of aryl methyl sites for hydroxylation is 1. The molecule has 0 radical (unpaired) electrons. The van der Waals surface area contributed by atoms with Crippen molar-refractivity contribution < 1.29 is 13.6 Å². The van der Waals surface area contributed by atoms with Crippen molar-refractivity contribution in [1.29, 1.82) is 0 Å². The van der Waals surface area contributed by atoms with Gasteiger partial charge in [-0.1, -0.05) is 11.6 Å². The first kappa shape index (κ1) is 17.2. The topological polar surface area (TPSA) is 72.4 Å². The van der Waals surface area contributed by atoms with Crippen LogP contribution in [0.25, 0.3) is 11.5 Å². The van der Waals surface area contributed by atoms with Gasteiger partial charge in [-0.05, 0) is 51.1 Å². The number of hydrogen-bond acceptors (Lipinski definition) is 5. The monoisotopic (exact) mass is 359 g/mol. The minimum absolute atomic E-state index is 0.0529. The van der Waals surface area contributed by atoms with Gasteiger partial charge in [0.15, 0.2) is 5.76 Å². The minimum Gasteiger partial charge on any atom is -0.459 e. The number of amides is 1. The number of carbonyl (C=O) groups excluding carboxylic acids is 1. The van der Waals surface area contributed by atoms with E-state index in [1.807, 2.05) is 20.8 Å². The average Bonchev–Trinajstić information content (AvgIpc) is 3.21. The molecular weight excluding hydrogens is 342 g/mol. The van der Waals surface area contributed by atoms with Crippen LogP contribution in [0.15, 0.2) is 45.4 Å². The van der Waals surface area contributed by atoms with Gasteiger partial charge in [-0.15, -0.1) is 10.2 Å². The van der Waals surface area contributed by atoms with Gasteiger partial charge in [0, 0.05) is 22.2 Å². The molecule has 0 atom stereocenters. The van der Waals surface area contributed by atoms with Gasteiger partial charge in [-0.25, -0.2) is 0 Å². The third-order valence-electron chi connectivity index (χ3n) is 3.80. The maximum Gasteiger partial charge on any atom is 0.290 e. The van der Waals surface area contributed by atoms with Crippen LogP contribution in [0.4, 0.5) is 0 Å². The zero-order valence-electron chi connectivity index (χ0n) is 14.2. The zero-order chi connectivity index (χ0) is 18.0. The summed E-state index contributed by atoms with van der Waals surface area (Å²) in [6.45, 7) is 5.89. The van der Waals surface area contributed by atoms with E-state index in [-0.39, 0.29) is 18.5 Å². The summed E-state index contributed by atoms with van der Waals surface area (Å²) in [7, 11) is 0. The molecule has 7 heteroatoms. The Balaban J connectivity index is 1.80. The zero-order valence-corrected chi connectivity index (χ0v) is 14.9. The second-order valence-corrected chi connectivity index (χ2v) is 6.40. The minimum atomic E-state index is -0.205. The van der Waals surface area contributed by atoms with Gasteiger partial charge >= 0.3 is 0 Å². The van der Waals surface area contributed by atoms with Gasteiger partial charge < -0.3 is 13.7 Å². The molecule has 3 aromatic rings. The summed E-state index contributed by atoms with van der Waals surface area (Å²) in [6.07, 6.45) is 1.51. The number of hydrogen-bond donors (Lipinski definition) is 0. The second kappa shape index (κ2) is 7.11. The summed E-state index contributed by atoms with van der Waals surface area (Å²) in [5.74, 6) is 0.864. The standard InChI is InChI=1S/C18H18ClN3O3/c1-11(2)22(18(23)16-12(3)8-9-24-16)10-15-20-21-17(25-15)13-4-6-14(19)7-5-13/h4-9,11H,10H2,1-3H3. The van der Waals surface area contributed by atoms with Crippen molar-refractivity contribution in [3.05, 3.63) is 58.8 Å². The van der Waals surface area contributed by atoms with E-state index in [9.17, 15) is 4.79 Å². The first-order chi connectivity index (χ1) is 12.0. The quantitative estimate of drug-likeness (QED) is 0.677. The van der Waals surface area contributed by atoms with Crippen LogP contribution >= 0.6 is 11.6 Å². The Hall–Kier alpha value is -2.60.